The molecule has 3 N–H and O–H groups in total. The Bertz CT molecular complexity index is 1470. The van der Waals surface area contributed by atoms with Crippen LogP contribution in [-0.2, 0) is 11.3 Å². The highest BCUT2D eigenvalue weighted by Crippen LogP contribution is 2.38. The van der Waals surface area contributed by atoms with Gasteiger partial charge < -0.3 is 24.9 Å². The monoisotopic (exact) mass is 501 g/mol. The Balaban J connectivity index is 1.50. The second kappa shape index (κ2) is 8.68. The maximum Gasteiger partial charge on any atom is 0.256 e. The minimum atomic E-state index is -2.60. The van der Waals surface area contributed by atoms with Gasteiger partial charge in [0.2, 0.25) is 17.7 Å². The number of halogens is 3. The number of nitrogens with one attached hydrogen (secondary N) is 3. The third-order valence-corrected chi connectivity index (χ3v) is 6.53. The zero-order valence-electron chi connectivity index (χ0n) is 20.2. The van der Waals surface area contributed by atoms with E-state index < -0.39 is 18.8 Å². The number of aryl methyl sites for hydroxylation is 1. The number of amides is 1. The third-order valence-electron chi connectivity index (χ3n) is 6.53. The Morgan fingerprint density at radius 3 is 2.72 bits per heavy atom. The molecule has 9 nitrogen and oxygen atoms in total. The number of aromatic amines is 1. The molecule has 1 saturated carbocycles. The lowest BCUT2D eigenvalue weighted by Gasteiger charge is -2.45. The molecule has 0 unspecified atom stereocenters. The summed E-state index contributed by atoms with van der Waals surface area (Å²) in [6.07, 6.45) is 0.491. The largest absolute Gasteiger partial charge is 0.480 e. The predicted molar refractivity (Wildman–Crippen MR) is 129 cm³/mol. The minimum absolute atomic E-state index is 0.0400. The first-order chi connectivity index (χ1) is 17.1. The van der Waals surface area contributed by atoms with Crippen LogP contribution in [0.15, 0.2) is 18.3 Å². The SMILES string of the molecule is COc1nc(N[C@H]2C[C@@](C)(NC(C)=O)C2)nc2[nH]cc(-c3cc(F)c4nc(C)n(CC(F)F)c4c3)c12. The normalized spacial score (nSPS) is 19.6. The number of methoxy groups -OCH3 is 1. The van der Waals surface area contributed by atoms with E-state index in [9.17, 15) is 18.0 Å². The van der Waals surface area contributed by atoms with Gasteiger partial charge >= 0.3 is 0 Å². The quantitative estimate of drug-likeness (QED) is 0.351. The second-order valence-electron chi connectivity index (χ2n) is 9.46. The number of hydrogen-bond acceptors (Lipinski definition) is 6. The lowest BCUT2D eigenvalue weighted by Crippen LogP contribution is -2.59. The van der Waals surface area contributed by atoms with Crippen molar-refractivity contribution in [1.82, 2.24) is 29.8 Å². The van der Waals surface area contributed by atoms with Crippen molar-refractivity contribution in [3.63, 3.8) is 0 Å². The standard InChI is InChI=1S/C24H26F3N7O2/c1-11-29-20-16(25)5-13(6-17(20)34(11)10-18(26)27)15-9-28-21-19(15)22(36-4)32-23(31-21)30-14-7-24(3,8-14)33-12(2)35/h5-6,9,14,18H,7-8,10H2,1-4H3,(H,33,35)(H2,28,30,31,32)/t14-,24+. The summed E-state index contributed by atoms with van der Waals surface area (Å²) in [5.74, 6) is 0.257. The van der Waals surface area contributed by atoms with Gasteiger partial charge in [0.1, 0.15) is 17.0 Å². The van der Waals surface area contributed by atoms with Gasteiger partial charge in [-0.05, 0) is 44.4 Å². The summed E-state index contributed by atoms with van der Waals surface area (Å²) in [6.45, 7) is 4.47. The van der Waals surface area contributed by atoms with E-state index in [0.29, 0.717) is 33.9 Å². The second-order valence-corrected chi connectivity index (χ2v) is 9.46. The summed E-state index contributed by atoms with van der Waals surface area (Å²) in [4.78, 5) is 27.6. The number of nitrogens with zero attached hydrogens (tertiary/aromatic N) is 4. The van der Waals surface area contributed by atoms with Crippen molar-refractivity contribution in [3.05, 3.63) is 30.0 Å². The van der Waals surface area contributed by atoms with E-state index in [0.717, 1.165) is 12.8 Å². The van der Waals surface area contributed by atoms with E-state index in [1.807, 2.05) is 6.92 Å². The average molecular weight is 502 g/mol. The summed E-state index contributed by atoms with van der Waals surface area (Å²) in [5, 5.41) is 6.75. The number of fused-ring (bicyclic) bond motifs is 2. The molecule has 0 aliphatic heterocycles. The van der Waals surface area contributed by atoms with Crippen LogP contribution in [0, 0.1) is 12.7 Å². The molecule has 4 aromatic rings. The van der Waals surface area contributed by atoms with Crippen LogP contribution >= 0.6 is 0 Å². The van der Waals surface area contributed by atoms with Gasteiger partial charge in [0.15, 0.2) is 5.82 Å². The van der Waals surface area contributed by atoms with Crippen molar-refractivity contribution in [2.45, 2.75) is 58.2 Å². The van der Waals surface area contributed by atoms with Crippen molar-refractivity contribution in [2.24, 2.45) is 0 Å². The van der Waals surface area contributed by atoms with Crippen molar-refractivity contribution < 1.29 is 22.7 Å². The molecule has 1 aliphatic rings. The van der Waals surface area contributed by atoms with Gasteiger partial charge in [0.25, 0.3) is 6.43 Å². The number of anilines is 1. The highest BCUT2D eigenvalue weighted by Gasteiger charge is 2.41. The number of aromatic nitrogens is 5. The van der Waals surface area contributed by atoms with Crippen molar-refractivity contribution >= 4 is 33.9 Å². The molecule has 1 fully saturated rings. The molecular weight excluding hydrogens is 475 g/mol. The Morgan fingerprint density at radius 1 is 1.31 bits per heavy atom. The molecule has 12 heteroatoms. The molecule has 5 rings (SSSR count). The fourth-order valence-corrected chi connectivity index (χ4v) is 5.10. The predicted octanol–water partition coefficient (Wildman–Crippen LogP) is 4.16. The average Bonchev–Trinajstić information content (AvgIpc) is 3.33. The Morgan fingerprint density at radius 2 is 2.06 bits per heavy atom. The van der Waals surface area contributed by atoms with E-state index >= 15 is 0 Å². The minimum Gasteiger partial charge on any atom is -0.480 e. The lowest BCUT2D eigenvalue weighted by atomic mass is 9.74. The fourth-order valence-electron chi connectivity index (χ4n) is 5.10. The van der Waals surface area contributed by atoms with Crippen LogP contribution in [0.5, 0.6) is 5.88 Å². The highest BCUT2D eigenvalue weighted by atomic mass is 19.3. The summed E-state index contributed by atoms with van der Waals surface area (Å²) in [6, 6.07) is 3.02. The van der Waals surface area contributed by atoms with E-state index in [4.69, 9.17) is 4.74 Å². The number of rotatable bonds is 7. The highest BCUT2D eigenvalue weighted by molar-refractivity contribution is 5.99. The molecule has 0 spiro atoms. The number of imidazole rings is 1. The van der Waals surface area contributed by atoms with Gasteiger partial charge in [0.05, 0.1) is 24.6 Å². The molecule has 190 valence electrons. The number of carbonyl (C=O) groups is 1. The number of carbonyl (C=O) groups excluding carboxylic acids is 1. The molecule has 3 aromatic heterocycles. The molecule has 0 radical (unpaired) electrons. The lowest BCUT2D eigenvalue weighted by molar-refractivity contribution is -0.121. The van der Waals surface area contributed by atoms with Crippen molar-refractivity contribution in [3.8, 4) is 17.0 Å². The number of hydrogen-bond donors (Lipinski definition) is 3. The topological polar surface area (TPSA) is 110 Å². The van der Waals surface area contributed by atoms with Crippen molar-refractivity contribution in [2.75, 3.05) is 12.4 Å². The molecule has 3 heterocycles. The summed E-state index contributed by atoms with van der Waals surface area (Å²) in [7, 11) is 1.48. The molecule has 0 atom stereocenters. The molecule has 1 aliphatic carbocycles. The molecular formula is C24H26F3N7O2. The maximum atomic E-state index is 15.0. The first kappa shape index (κ1) is 23.9. The molecule has 1 aromatic carbocycles. The van der Waals surface area contributed by atoms with Crippen LogP contribution in [0.4, 0.5) is 19.1 Å². The van der Waals surface area contributed by atoms with Crippen LogP contribution in [0.3, 0.4) is 0 Å². The first-order valence-corrected chi connectivity index (χ1v) is 11.5. The smallest absolute Gasteiger partial charge is 0.256 e. The van der Waals surface area contributed by atoms with E-state index in [2.05, 4.69) is 30.6 Å². The van der Waals surface area contributed by atoms with Crippen LogP contribution < -0.4 is 15.4 Å². The summed E-state index contributed by atoms with van der Waals surface area (Å²) < 4.78 is 48.1. The van der Waals surface area contributed by atoms with Crippen LogP contribution in [-0.4, -0.2) is 55.5 Å². The van der Waals surface area contributed by atoms with Crippen LogP contribution in [0.2, 0.25) is 0 Å². The zero-order chi connectivity index (χ0) is 25.8. The van der Waals surface area contributed by atoms with Crippen LogP contribution in [0.1, 0.15) is 32.5 Å². The van der Waals surface area contributed by atoms with Crippen LogP contribution in [0.25, 0.3) is 33.2 Å². The number of benzene rings is 1. The fraction of sp³-hybridized carbons (Fsp3) is 0.417. The Kier molecular flexibility index (Phi) is 5.76. The van der Waals surface area contributed by atoms with Gasteiger partial charge in [-0.3, -0.25) is 4.79 Å². The zero-order valence-corrected chi connectivity index (χ0v) is 20.2. The van der Waals surface area contributed by atoms with Gasteiger partial charge in [-0.1, -0.05) is 0 Å². The Labute approximate surface area is 204 Å². The van der Waals surface area contributed by atoms with E-state index in [-0.39, 0.29) is 34.4 Å². The number of ether oxygens (including phenoxy) is 1. The van der Waals surface area contributed by atoms with E-state index in [1.165, 1.54) is 24.7 Å². The summed E-state index contributed by atoms with van der Waals surface area (Å²) in [5.41, 5.74) is 1.55. The van der Waals surface area contributed by atoms with Gasteiger partial charge in [-0.2, -0.15) is 9.97 Å². The molecule has 36 heavy (non-hydrogen) atoms. The third kappa shape index (κ3) is 4.20. The van der Waals surface area contributed by atoms with E-state index in [1.54, 1.807) is 19.2 Å². The molecule has 1 amide bonds. The van der Waals surface area contributed by atoms with Crippen molar-refractivity contribution in [1.29, 1.82) is 0 Å². The number of H-pyrrole nitrogens is 1. The Hall–Kier alpha value is -3.83. The first-order valence-electron chi connectivity index (χ1n) is 11.5. The molecule has 0 saturated heterocycles. The van der Waals surface area contributed by atoms with Gasteiger partial charge in [-0.25, -0.2) is 18.2 Å². The van der Waals surface area contributed by atoms with Gasteiger partial charge in [-0.15, -0.1) is 0 Å². The maximum absolute atomic E-state index is 15.0. The summed E-state index contributed by atoms with van der Waals surface area (Å²) >= 11 is 0. The molecule has 0 bridgehead atoms. The van der Waals surface area contributed by atoms with Gasteiger partial charge in [0, 0.05) is 30.3 Å². The number of alkyl halides is 2.